The van der Waals surface area contributed by atoms with Crippen molar-refractivity contribution in [2.75, 3.05) is 13.2 Å². The van der Waals surface area contributed by atoms with Crippen molar-refractivity contribution in [3.8, 4) is 11.8 Å². The van der Waals surface area contributed by atoms with Gasteiger partial charge in [-0.3, -0.25) is 0 Å². The zero-order valence-corrected chi connectivity index (χ0v) is 13.1. The van der Waals surface area contributed by atoms with Crippen LogP contribution < -0.4 is 0 Å². The molecule has 0 aliphatic rings. The molecule has 0 radical (unpaired) electrons. The van der Waals surface area contributed by atoms with Crippen LogP contribution in [0.15, 0.2) is 6.20 Å². The van der Waals surface area contributed by atoms with E-state index in [9.17, 15) is 9.59 Å². The number of aromatic nitrogens is 1. The van der Waals surface area contributed by atoms with Crippen LogP contribution in [-0.4, -0.2) is 30.1 Å². The molecule has 0 aromatic carbocycles. The molecule has 5 nitrogen and oxygen atoms in total. The number of rotatable bonds is 4. The Balaban J connectivity index is 3.30. The van der Waals surface area contributed by atoms with Crippen LogP contribution in [0.2, 0.25) is 0 Å². The molecule has 5 heteroatoms. The predicted molar refractivity (Wildman–Crippen MR) is 79.0 cm³/mol. The molecule has 0 aliphatic carbocycles. The van der Waals surface area contributed by atoms with E-state index in [0.717, 1.165) is 0 Å². The highest BCUT2D eigenvalue weighted by Crippen LogP contribution is 2.18. The van der Waals surface area contributed by atoms with Crippen molar-refractivity contribution in [1.82, 2.24) is 4.98 Å². The number of hydrogen-bond donors (Lipinski definition) is 1. The van der Waals surface area contributed by atoms with Gasteiger partial charge in [-0.2, -0.15) is 0 Å². The molecule has 1 rings (SSSR count). The Morgan fingerprint density at radius 2 is 1.71 bits per heavy atom. The van der Waals surface area contributed by atoms with Crippen molar-refractivity contribution in [3.05, 3.63) is 23.0 Å². The van der Waals surface area contributed by atoms with Gasteiger partial charge < -0.3 is 14.5 Å². The maximum absolute atomic E-state index is 11.9. The zero-order chi connectivity index (χ0) is 16.0. The molecule has 1 N–H and O–H groups in total. The first-order chi connectivity index (χ1) is 9.80. The van der Waals surface area contributed by atoms with E-state index in [2.05, 4.69) is 16.8 Å². The second kappa shape index (κ2) is 6.98. The Labute approximate surface area is 125 Å². The molecule has 0 fully saturated rings. The van der Waals surface area contributed by atoms with Gasteiger partial charge in [0.2, 0.25) is 0 Å². The van der Waals surface area contributed by atoms with Crippen LogP contribution in [0.3, 0.4) is 0 Å². The third-order valence-corrected chi connectivity index (χ3v) is 2.42. The van der Waals surface area contributed by atoms with Crippen LogP contribution in [0, 0.1) is 17.3 Å². The quantitative estimate of drug-likeness (QED) is 0.684. The monoisotopic (exact) mass is 291 g/mol. The number of hydrogen-bond acceptors (Lipinski definition) is 4. The molecule has 1 heterocycles. The molecule has 114 valence electrons. The van der Waals surface area contributed by atoms with Gasteiger partial charge in [0.15, 0.2) is 0 Å². The topological polar surface area (TPSA) is 68.4 Å². The van der Waals surface area contributed by atoms with E-state index >= 15 is 0 Å². The molecule has 1 aromatic rings. The zero-order valence-electron chi connectivity index (χ0n) is 13.1. The summed E-state index contributed by atoms with van der Waals surface area (Å²) in [6.45, 7) is 9.77. The van der Waals surface area contributed by atoms with E-state index in [-0.39, 0.29) is 29.9 Å². The van der Waals surface area contributed by atoms with Crippen LogP contribution in [0.5, 0.6) is 0 Å². The van der Waals surface area contributed by atoms with E-state index in [1.54, 1.807) is 13.8 Å². The van der Waals surface area contributed by atoms with Gasteiger partial charge in [0, 0.05) is 11.6 Å². The highest BCUT2D eigenvalue weighted by atomic mass is 16.5. The first-order valence-corrected chi connectivity index (χ1v) is 6.89. The summed E-state index contributed by atoms with van der Waals surface area (Å²) in [6, 6.07) is 0. The third-order valence-electron chi connectivity index (χ3n) is 2.42. The van der Waals surface area contributed by atoms with Gasteiger partial charge in [0.1, 0.15) is 5.69 Å². The van der Waals surface area contributed by atoms with Crippen LogP contribution in [0.1, 0.15) is 61.0 Å². The number of nitrogens with one attached hydrogen (secondary N) is 1. The smallest absolute Gasteiger partial charge is 0.356 e. The predicted octanol–water partition coefficient (Wildman–Crippen LogP) is 2.77. The van der Waals surface area contributed by atoms with Crippen molar-refractivity contribution < 1.29 is 19.1 Å². The Morgan fingerprint density at radius 1 is 1.14 bits per heavy atom. The maximum Gasteiger partial charge on any atom is 0.356 e. The second-order valence-electron chi connectivity index (χ2n) is 5.39. The van der Waals surface area contributed by atoms with Gasteiger partial charge in [-0.15, -0.1) is 0 Å². The lowest BCUT2D eigenvalue weighted by Gasteiger charge is -2.07. The summed E-state index contributed by atoms with van der Waals surface area (Å²) in [5, 5.41) is 0. The summed E-state index contributed by atoms with van der Waals surface area (Å²) >= 11 is 0. The fourth-order valence-electron chi connectivity index (χ4n) is 1.54. The van der Waals surface area contributed by atoms with E-state index in [1.807, 2.05) is 20.8 Å². The molecule has 0 spiro atoms. The second-order valence-corrected chi connectivity index (χ2v) is 5.39. The average Bonchev–Trinajstić information content (AvgIpc) is 2.80. The van der Waals surface area contributed by atoms with E-state index in [4.69, 9.17) is 9.47 Å². The first kappa shape index (κ1) is 16.8. The van der Waals surface area contributed by atoms with E-state index < -0.39 is 11.9 Å². The highest BCUT2D eigenvalue weighted by molar-refractivity contribution is 5.99. The normalized spacial score (nSPS) is 10.5. The van der Waals surface area contributed by atoms with Crippen molar-refractivity contribution >= 4 is 11.9 Å². The summed E-state index contributed by atoms with van der Waals surface area (Å²) < 4.78 is 9.94. The minimum absolute atomic E-state index is 0.177. The largest absolute Gasteiger partial charge is 0.462 e. The molecule has 0 atom stereocenters. The molecular formula is C16H21NO4. The SMILES string of the molecule is CCOC(=O)c1c[nH]c(C(=O)OCC)c1C#CC(C)(C)C. The number of carbonyl (C=O) groups is 2. The molecular weight excluding hydrogens is 270 g/mol. The molecule has 0 amide bonds. The summed E-state index contributed by atoms with van der Waals surface area (Å²) in [5.41, 5.74) is 0.491. The number of esters is 2. The van der Waals surface area contributed by atoms with Crippen molar-refractivity contribution in [2.45, 2.75) is 34.6 Å². The number of H-pyrrole nitrogens is 1. The van der Waals surface area contributed by atoms with Gasteiger partial charge in [-0.25, -0.2) is 9.59 Å². The van der Waals surface area contributed by atoms with Crippen LogP contribution in [0.25, 0.3) is 0 Å². The lowest BCUT2D eigenvalue weighted by molar-refractivity contribution is 0.0518. The van der Waals surface area contributed by atoms with Gasteiger partial charge in [-0.1, -0.05) is 11.8 Å². The summed E-state index contributed by atoms with van der Waals surface area (Å²) in [4.78, 5) is 26.6. The van der Waals surface area contributed by atoms with Gasteiger partial charge >= 0.3 is 11.9 Å². The summed E-state index contributed by atoms with van der Waals surface area (Å²) in [6.07, 6.45) is 1.43. The van der Waals surface area contributed by atoms with Crippen molar-refractivity contribution in [1.29, 1.82) is 0 Å². The maximum atomic E-state index is 11.9. The Hall–Kier alpha value is -2.22. The number of ether oxygens (including phenoxy) is 2. The lowest BCUT2D eigenvalue weighted by Crippen LogP contribution is -2.10. The Kier molecular flexibility index (Phi) is 5.60. The summed E-state index contributed by atoms with van der Waals surface area (Å²) in [5.74, 6) is 4.86. The van der Waals surface area contributed by atoms with Gasteiger partial charge in [-0.05, 0) is 34.6 Å². The highest BCUT2D eigenvalue weighted by Gasteiger charge is 2.22. The van der Waals surface area contributed by atoms with E-state index in [1.165, 1.54) is 6.20 Å². The molecule has 21 heavy (non-hydrogen) atoms. The fraction of sp³-hybridized carbons (Fsp3) is 0.500. The lowest BCUT2D eigenvalue weighted by atomic mass is 9.97. The van der Waals surface area contributed by atoms with Crippen molar-refractivity contribution in [3.63, 3.8) is 0 Å². The molecule has 1 aromatic heterocycles. The molecule has 0 saturated heterocycles. The first-order valence-electron chi connectivity index (χ1n) is 6.89. The van der Waals surface area contributed by atoms with Crippen LogP contribution >= 0.6 is 0 Å². The minimum atomic E-state index is -0.536. The minimum Gasteiger partial charge on any atom is -0.462 e. The Morgan fingerprint density at radius 3 is 2.24 bits per heavy atom. The average molecular weight is 291 g/mol. The van der Waals surface area contributed by atoms with E-state index in [0.29, 0.717) is 5.56 Å². The Bertz CT molecular complexity index is 546. The van der Waals surface area contributed by atoms with Crippen molar-refractivity contribution in [2.24, 2.45) is 5.41 Å². The standard InChI is InChI=1S/C16H21NO4/c1-6-20-14(18)12-10-17-13(15(19)21-7-2)11(12)8-9-16(3,4)5/h10,17H,6-7H2,1-5H3. The summed E-state index contributed by atoms with van der Waals surface area (Å²) in [7, 11) is 0. The third kappa shape index (κ3) is 4.67. The molecule has 0 bridgehead atoms. The van der Waals surface area contributed by atoms with Crippen LogP contribution in [0.4, 0.5) is 0 Å². The fourth-order valence-corrected chi connectivity index (χ4v) is 1.54. The molecule has 0 saturated carbocycles. The van der Waals surface area contributed by atoms with Crippen LogP contribution in [-0.2, 0) is 9.47 Å². The number of carbonyl (C=O) groups excluding carboxylic acids is 2. The molecule has 0 unspecified atom stereocenters. The molecule has 0 aliphatic heterocycles. The number of aromatic amines is 1. The van der Waals surface area contributed by atoms with Gasteiger partial charge in [0.25, 0.3) is 0 Å². The van der Waals surface area contributed by atoms with Gasteiger partial charge in [0.05, 0.1) is 24.3 Å².